The van der Waals surface area contributed by atoms with Gasteiger partial charge in [-0.2, -0.15) is 12.6 Å². The van der Waals surface area contributed by atoms with Gasteiger partial charge in [0.2, 0.25) is 5.91 Å². The maximum atomic E-state index is 12.7. The molecule has 0 aromatic heterocycles. The molecule has 2 aromatic rings. The zero-order chi connectivity index (χ0) is 16.7. The maximum absolute atomic E-state index is 12.7. The Hall–Kier alpha value is -1.57. The lowest BCUT2D eigenvalue weighted by atomic mass is 9.99. The van der Waals surface area contributed by atoms with Crippen molar-refractivity contribution in [3.63, 3.8) is 0 Å². The van der Waals surface area contributed by atoms with E-state index >= 15 is 0 Å². The molecule has 1 aliphatic rings. The summed E-state index contributed by atoms with van der Waals surface area (Å²) < 4.78 is 25.4. The summed E-state index contributed by atoms with van der Waals surface area (Å²) in [6, 6.07) is 12.4. The van der Waals surface area contributed by atoms with Crippen LogP contribution in [-0.2, 0) is 14.6 Å². The molecule has 2 aromatic carbocycles. The summed E-state index contributed by atoms with van der Waals surface area (Å²) in [7, 11) is -3.78. The fourth-order valence-electron chi connectivity index (χ4n) is 2.83. The number of benzene rings is 2. The van der Waals surface area contributed by atoms with Crippen molar-refractivity contribution in [2.24, 2.45) is 5.73 Å². The monoisotopic (exact) mass is 349 g/mol. The van der Waals surface area contributed by atoms with E-state index in [0.29, 0.717) is 6.54 Å². The summed E-state index contributed by atoms with van der Waals surface area (Å²) >= 11 is 4.30. The first-order valence-electron chi connectivity index (χ1n) is 7.15. The Bertz CT molecular complexity index is 867. The zero-order valence-corrected chi connectivity index (χ0v) is 14.0. The third-order valence-electron chi connectivity index (χ3n) is 4.06. The molecule has 3 N–H and O–H groups in total. The first kappa shape index (κ1) is 16.3. The molecule has 2 atom stereocenters. The van der Waals surface area contributed by atoms with Crippen molar-refractivity contribution in [3.05, 3.63) is 48.2 Å². The molecule has 7 heteroatoms. The molecule has 1 fully saturated rings. The average molecular weight is 349 g/mol. The van der Waals surface area contributed by atoms with E-state index in [1.54, 1.807) is 12.1 Å². The van der Waals surface area contributed by atoms with Gasteiger partial charge in [0.25, 0.3) is 0 Å². The molecule has 3 rings (SSSR count). The topological polar surface area (TPSA) is 89.3 Å². The third-order valence-corrected chi connectivity index (χ3v) is 6.05. The van der Waals surface area contributed by atoms with Crippen LogP contribution in [0.5, 0.6) is 0 Å². The second-order valence-corrected chi connectivity index (χ2v) is 8.27. The molecule has 1 heterocycles. The van der Waals surface area contributed by atoms with E-state index in [4.69, 9.17) is 5.73 Å². The number of amides is 1. The smallest absolute Gasteiger partial charge is 0.239 e. The normalized spacial score (nSPS) is 24.8. The van der Waals surface area contributed by atoms with Gasteiger partial charge in [0.15, 0.2) is 9.84 Å². The van der Waals surface area contributed by atoms with Gasteiger partial charge in [-0.1, -0.05) is 30.3 Å². The van der Waals surface area contributed by atoms with Crippen molar-refractivity contribution in [1.29, 1.82) is 0 Å². The fourth-order valence-corrected chi connectivity index (χ4v) is 4.72. The van der Waals surface area contributed by atoms with Gasteiger partial charge >= 0.3 is 0 Å². The molecule has 0 saturated carbocycles. The molecule has 1 radical (unpaired) electrons. The van der Waals surface area contributed by atoms with Crippen LogP contribution in [-0.4, -0.2) is 31.7 Å². The van der Waals surface area contributed by atoms with Crippen LogP contribution in [0, 0.1) is 5.75 Å². The number of sulfone groups is 1. The number of hydrogen-bond acceptors (Lipinski definition) is 5. The Kier molecular flexibility index (Phi) is 4.12. The first-order valence-corrected chi connectivity index (χ1v) is 9.21. The van der Waals surface area contributed by atoms with E-state index < -0.39 is 21.3 Å². The zero-order valence-electron chi connectivity index (χ0n) is 12.3. The Morgan fingerprint density at radius 2 is 1.96 bits per heavy atom. The van der Waals surface area contributed by atoms with Crippen molar-refractivity contribution >= 4 is 39.1 Å². The SMILES string of the molecule is NC(=O)C1([CH]S(=O)(=O)c2ccc3ccccc3c2)CC(S)CN1. The van der Waals surface area contributed by atoms with E-state index in [-0.39, 0.29) is 16.6 Å². The minimum absolute atomic E-state index is 0.120. The van der Waals surface area contributed by atoms with Gasteiger partial charge < -0.3 is 11.1 Å². The van der Waals surface area contributed by atoms with Crippen molar-refractivity contribution in [3.8, 4) is 0 Å². The molecular formula is C16H17N2O3S2. The summed E-state index contributed by atoms with van der Waals surface area (Å²) in [4.78, 5) is 12.0. The van der Waals surface area contributed by atoms with Gasteiger partial charge in [-0.05, 0) is 29.3 Å². The fraction of sp³-hybridized carbons (Fsp3) is 0.250. The Morgan fingerprint density at radius 1 is 1.26 bits per heavy atom. The molecule has 121 valence electrons. The summed E-state index contributed by atoms with van der Waals surface area (Å²) in [5, 5.41) is 4.55. The highest BCUT2D eigenvalue weighted by Gasteiger charge is 2.47. The predicted octanol–water partition coefficient (Wildman–Crippen LogP) is 1.29. The molecule has 1 saturated heterocycles. The predicted molar refractivity (Wildman–Crippen MR) is 92.8 cm³/mol. The number of hydrogen-bond donors (Lipinski definition) is 3. The van der Waals surface area contributed by atoms with E-state index in [9.17, 15) is 13.2 Å². The van der Waals surface area contributed by atoms with Crippen molar-refractivity contribution in [2.45, 2.75) is 22.1 Å². The minimum Gasteiger partial charge on any atom is -0.368 e. The lowest BCUT2D eigenvalue weighted by molar-refractivity contribution is -0.122. The van der Waals surface area contributed by atoms with Crippen LogP contribution in [0.1, 0.15) is 6.42 Å². The molecule has 0 bridgehead atoms. The summed E-state index contributed by atoms with van der Waals surface area (Å²) in [5.41, 5.74) is 4.06. The van der Waals surface area contributed by atoms with Crippen molar-refractivity contribution < 1.29 is 13.2 Å². The molecule has 0 spiro atoms. The number of rotatable bonds is 4. The Morgan fingerprint density at radius 3 is 2.57 bits per heavy atom. The lowest BCUT2D eigenvalue weighted by Gasteiger charge is -2.25. The molecular weight excluding hydrogens is 332 g/mol. The number of nitrogens with one attached hydrogen (secondary N) is 1. The van der Waals surface area contributed by atoms with Crippen LogP contribution < -0.4 is 11.1 Å². The van der Waals surface area contributed by atoms with Crippen LogP contribution >= 0.6 is 12.6 Å². The van der Waals surface area contributed by atoms with Gasteiger partial charge in [0.1, 0.15) is 11.3 Å². The molecule has 0 aliphatic carbocycles. The number of primary amides is 1. The highest BCUT2D eigenvalue weighted by Crippen LogP contribution is 2.31. The number of carbonyl (C=O) groups excluding carboxylic acids is 1. The van der Waals surface area contributed by atoms with E-state index in [2.05, 4.69) is 17.9 Å². The highest BCUT2D eigenvalue weighted by molar-refractivity contribution is 7.93. The van der Waals surface area contributed by atoms with Crippen LogP contribution in [0.25, 0.3) is 10.8 Å². The summed E-state index contributed by atoms with van der Waals surface area (Å²) in [5.74, 6) is 0.321. The number of fused-ring (bicyclic) bond motifs is 1. The summed E-state index contributed by atoms with van der Waals surface area (Å²) in [6.45, 7) is 0.426. The van der Waals surface area contributed by atoms with Crippen LogP contribution in [0.2, 0.25) is 0 Å². The van der Waals surface area contributed by atoms with E-state index in [0.717, 1.165) is 16.5 Å². The second kappa shape index (κ2) is 5.81. The maximum Gasteiger partial charge on any atom is 0.239 e. The molecule has 23 heavy (non-hydrogen) atoms. The van der Waals surface area contributed by atoms with Crippen LogP contribution in [0.15, 0.2) is 47.4 Å². The molecule has 1 aliphatic heterocycles. The van der Waals surface area contributed by atoms with E-state index in [1.807, 2.05) is 24.3 Å². The minimum atomic E-state index is -3.78. The molecule has 2 unspecified atom stereocenters. The number of carbonyl (C=O) groups is 1. The standard InChI is InChI=1S/C16H17N2O3S2/c17-15(19)16(8-13(22)9-18-16)10-23(20,21)14-6-5-11-3-1-2-4-12(11)7-14/h1-7,10,13,18,22H,8-9H2,(H2,17,19). The third kappa shape index (κ3) is 3.08. The Labute approximate surface area is 140 Å². The van der Waals surface area contributed by atoms with Gasteiger partial charge in [0, 0.05) is 11.8 Å². The van der Waals surface area contributed by atoms with Crippen LogP contribution in [0.4, 0.5) is 0 Å². The summed E-state index contributed by atoms with van der Waals surface area (Å²) in [6.07, 6.45) is 0.248. The average Bonchev–Trinajstić information content (AvgIpc) is 2.88. The van der Waals surface area contributed by atoms with Gasteiger partial charge in [-0.15, -0.1) is 0 Å². The molecule has 5 nitrogen and oxygen atoms in total. The number of nitrogens with two attached hydrogens (primary N) is 1. The van der Waals surface area contributed by atoms with Gasteiger partial charge in [-0.25, -0.2) is 8.42 Å². The Balaban J connectivity index is 1.98. The largest absolute Gasteiger partial charge is 0.368 e. The first-order chi connectivity index (χ1) is 10.8. The van der Waals surface area contributed by atoms with Crippen molar-refractivity contribution in [1.82, 2.24) is 5.32 Å². The molecule has 1 amide bonds. The lowest BCUT2D eigenvalue weighted by Crippen LogP contribution is -2.53. The van der Waals surface area contributed by atoms with E-state index in [1.165, 1.54) is 6.07 Å². The van der Waals surface area contributed by atoms with Crippen molar-refractivity contribution in [2.75, 3.05) is 6.54 Å². The quantitative estimate of drug-likeness (QED) is 0.726. The second-order valence-electron chi connectivity index (χ2n) is 5.75. The van der Waals surface area contributed by atoms with Gasteiger partial charge in [-0.3, -0.25) is 4.79 Å². The van der Waals surface area contributed by atoms with Gasteiger partial charge in [0.05, 0.1) is 4.90 Å². The number of thiol groups is 1. The van der Waals surface area contributed by atoms with Crippen LogP contribution in [0.3, 0.4) is 0 Å². The highest BCUT2D eigenvalue weighted by atomic mass is 32.2.